The Morgan fingerprint density at radius 2 is 2.15 bits per heavy atom. The van der Waals surface area contributed by atoms with Crippen LogP contribution in [0.25, 0.3) is 0 Å². The van der Waals surface area contributed by atoms with Crippen molar-refractivity contribution < 1.29 is 23.0 Å². The number of likely N-dealkylation sites (tertiary alicyclic amines) is 1. The van der Waals surface area contributed by atoms with Gasteiger partial charge in [-0.15, -0.1) is 24.0 Å². The predicted molar refractivity (Wildman–Crippen MR) is 110 cm³/mol. The highest BCUT2D eigenvalue weighted by Gasteiger charge is 2.36. The van der Waals surface area contributed by atoms with Crippen molar-refractivity contribution in [2.24, 2.45) is 16.8 Å². The van der Waals surface area contributed by atoms with E-state index in [1.54, 1.807) is 25.2 Å². The number of esters is 1. The number of halogens is 3. The lowest BCUT2D eigenvalue weighted by Gasteiger charge is -2.21. The average molecular weight is 497 g/mol. The zero-order valence-corrected chi connectivity index (χ0v) is 18.0. The predicted octanol–water partition coefficient (Wildman–Crippen LogP) is 2.76. The number of ether oxygens (including phenoxy) is 2. The fraction of sp³-hybridized carbons (Fsp3) is 0.556. The summed E-state index contributed by atoms with van der Waals surface area (Å²) in [6.45, 7) is 3.10. The molecule has 0 aromatic heterocycles. The number of carbonyl (C=O) groups excluding carboxylic acids is 1. The maximum absolute atomic E-state index is 12.2. The molecule has 152 valence electrons. The zero-order chi connectivity index (χ0) is 19.1. The number of hydrogen-bond donors (Lipinski definition) is 1. The van der Waals surface area contributed by atoms with E-state index in [2.05, 4.69) is 10.3 Å². The molecule has 0 spiro atoms. The van der Waals surface area contributed by atoms with Gasteiger partial charge < -0.3 is 19.7 Å². The van der Waals surface area contributed by atoms with E-state index < -0.39 is 13.0 Å². The summed E-state index contributed by atoms with van der Waals surface area (Å²) in [7, 11) is 3.08. The number of carbonyl (C=O) groups is 1. The molecular formula is C18H26F2IN3O3. The fourth-order valence-corrected chi connectivity index (χ4v) is 3.02. The number of aliphatic imine (C=N–C) groups is 1. The topological polar surface area (TPSA) is 63.2 Å². The van der Waals surface area contributed by atoms with Gasteiger partial charge in [0.05, 0.1) is 13.0 Å². The lowest BCUT2D eigenvalue weighted by Crippen LogP contribution is -2.40. The van der Waals surface area contributed by atoms with Crippen LogP contribution in [0.4, 0.5) is 8.78 Å². The molecule has 9 heteroatoms. The lowest BCUT2D eigenvalue weighted by molar-refractivity contribution is -0.145. The summed E-state index contributed by atoms with van der Waals surface area (Å²) in [5, 5.41) is 3.24. The van der Waals surface area contributed by atoms with Crippen molar-refractivity contribution in [3.63, 3.8) is 0 Å². The molecule has 1 aromatic carbocycles. The number of benzene rings is 1. The minimum absolute atomic E-state index is 0. The molecule has 0 aliphatic carbocycles. The van der Waals surface area contributed by atoms with Crippen molar-refractivity contribution in [1.82, 2.24) is 10.2 Å². The molecule has 27 heavy (non-hydrogen) atoms. The molecule has 1 aliphatic heterocycles. The van der Waals surface area contributed by atoms with E-state index in [4.69, 9.17) is 9.47 Å². The standard InChI is InChI=1S/C18H25F2N3O3.HI/c1-12-9-23(10-15(12)17(24)25-3)18(21-2)22-8-13-5-4-6-14(7-13)26-11-16(19)20;/h4-7,12,15-16H,8-11H2,1-3H3,(H,21,22);1H. The molecule has 1 heterocycles. The van der Waals surface area contributed by atoms with Gasteiger partial charge in [0.2, 0.25) is 0 Å². The average Bonchev–Trinajstić information content (AvgIpc) is 3.02. The van der Waals surface area contributed by atoms with E-state index in [0.717, 1.165) is 5.56 Å². The number of nitrogens with zero attached hydrogens (tertiary/aromatic N) is 2. The Morgan fingerprint density at radius 3 is 2.78 bits per heavy atom. The van der Waals surface area contributed by atoms with Gasteiger partial charge in [0.15, 0.2) is 5.96 Å². The Balaban J connectivity index is 0.00000364. The number of guanidine groups is 1. The van der Waals surface area contributed by atoms with Gasteiger partial charge in [-0.25, -0.2) is 8.78 Å². The van der Waals surface area contributed by atoms with E-state index in [1.165, 1.54) is 7.11 Å². The van der Waals surface area contributed by atoms with Crippen molar-refractivity contribution in [1.29, 1.82) is 0 Å². The van der Waals surface area contributed by atoms with Crippen LogP contribution in [0.2, 0.25) is 0 Å². The van der Waals surface area contributed by atoms with Gasteiger partial charge in [0.25, 0.3) is 6.43 Å². The summed E-state index contributed by atoms with van der Waals surface area (Å²) in [6.07, 6.45) is -2.50. The summed E-state index contributed by atoms with van der Waals surface area (Å²) in [4.78, 5) is 18.1. The second-order valence-electron chi connectivity index (χ2n) is 6.26. The minimum Gasteiger partial charge on any atom is -0.488 e. The minimum atomic E-state index is -2.50. The van der Waals surface area contributed by atoms with Gasteiger partial charge in [0.1, 0.15) is 12.4 Å². The van der Waals surface area contributed by atoms with E-state index >= 15 is 0 Å². The third-order valence-electron chi connectivity index (χ3n) is 4.35. The Labute approximate surface area is 175 Å². The second kappa shape index (κ2) is 11.3. The molecule has 1 N–H and O–H groups in total. The molecule has 2 unspecified atom stereocenters. The molecule has 1 aliphatic rings. The highest BCUT2D eigenvalue weighted by Crippen LogP contribution is 2.24. The largest absolute Gasteiger partial charge is 0.488 e. The van der Waals surface area contributed by atoms with Crippen molar-refractivity contribution in [2.45, 2.75) is 19.9 Å². The first kappa shape index (κ1) is 23.4. The van der Waals surface area contributed by atoms with Gasteiger partial charge in [-0.1, -0.05) is 19.1 Å². The Morgan fingerprint density at radius 1 is 1.41 bits per heavy atom. The summed E-state index contributed by atoms with van der Waals surface area (Å²) in [6, 6.07) is 6.99. The van der Waals surface area contributed by atoms with Crippen LogP contribution in [-0.2, 0) is 16.1 Å². The van der Waals surface area contributed by atoms with Crippen LogP contribution in [0.15, 0.2) is 29.3 Å². The first-order valence-electron chi connectivity index (χ1n) is 8.48. The molecule has 0 bridgehead atoms. The van der Waals surface area contributed by atoms with Gasteiger partial charge in [-0.2, -0.15) is 0 Å². The molecule has 2 rings (SSSR count). The van der Waals surface area contributed by atoms with Gasteiger partial charge in [0, 0.05) is 26.7 Å². The first-order valence-corrected chi connectivity index (χ1v) is 8.48. The molecule has 0 radical (unpaired) electrons. The van der Waals surface area contributed by atoms with Crippen molar-refractivity contribution in [3.8, 4) is 5.75 Å². The summed E-state index contributed by atoms with van der Waals surface area (Å²) in [5.74, 6) is 0.873. The van der Waals surface area contributed by atoms with E-state index in [9.17, 15) is 13.6 Å². The molecule has 1 aromatic rings. The molecule has 0 amide bonds. The van der Waals surface area contributed by atoms with Crippen LogP contribution in [0.5, 0.6) is 5.75 Å². The number of hydrogen-bond acceptors (Lipinski definition) is 4. The van der Waals surface area contributed by atoms with E-state index in [0.29, 0.717) is 31.3 Å². The normalized spacial score (nSPS) is 19.6. The van der Waals surface area contributed by atoms with Gasteiger partial charge >= 0.3 is 5.97 Å². The number of rotatable bonds is 6. The summed E-state index contributed by atoms with van der Waals surface area (Å²) >= 11 is 0. The molecule has 6 nitrogen and oxygen atoms in total. The van der Waals surface area contributed by atoms with Crippen LogP contribution < -0.4 is 10.1 Å². The van der Waals surface area contributed by atoms with Crippen LogP contribution in [-0.4, -0.2) is 57.1 Å². The van der Waals surface area contributed by atoms with Crippen LogP contribution in [0.3, 0.4) is 0 Å². The molecule has 1 saturated heterocycles. The first-order chi connectivity index (χ1) is 12.4. The maximum atomic E-state index is 12.2. The third kappa shape index (κ3) is 6.78. The van der Waals surface area contributed by atoms with E-state index in [-0.39, 0.29) is 41.8 Å². The molecule has 0 saturated carbocycles. The van der Waals surface area contributed by atoms with Gasteiger partial charge in [-0.05, 0) is 23.6 Å². The maximum Gasteiger partial charge on any atom is 0.310 e. The Kier molecular flexibility index (Phi) is 9.75. The molecule has 1 fully saturated rings. The Hall–Kier alpha value is -1.65. The monoisotopic (exact) mass is 497 g/mol. The number of alkyl halides is 2. The van der Waals surface area contributed by atoms with Gasteiger partial charge in [-0.3, -0.25) is 9.79 Å². The summed E-state index contributed by atoms with van der Waals surface area (Å²) < 4.78 is 34.4. The highest BCUT2D eigenvalue weighted by atomic mass is 127. The van der Waals surface area contributed by atoms with Crippen LogP contribution >= 0.6 is 24.0 Å². The van der Waals surface area contributed by atoms with Crippen molar-refractivity contribution in [3.05, 3.63) is 29.8 Å². The number of methoxy groups -OCH3 is 1. The second-order valence-corrected chi connectivity index (χ2v) is 6.26. The van der Waals surface area contributed by atoms with Crippen LogP contribution in [0, 0.1) is 11.8 Å². The smallest absolute Gasteiger partial charge is 0.310 e. The lowest BCUT2D eigenvalue weighted by atomic mass is 9.99. The van der Waals surface area contributed by atoms with E-state index in [1.807, 2.05) is 17.9 Å². The molecular weight excluding hydrogens is 471 g/mol. The highest BCUT2D eigenvalue weighted by molar-refractivity contribution is 14.0. The molecule has 2 atom stereocenters. The van der Waals surface area contributed by atoms with Crippen molar-refractivity contribution >= 4 is 35.9 Å². The quantitative estimate of drug-likeness (QED) is 0.284. The van der Waals surface area contributed by atoms with Crippen LogP contribution in [0.1, 0.15) is 12.5 Å². The van der Waals surface area contributed by atoms with Crippen molar-refractivity contribution in [2.75, 3.05) is 33.9 Å². The SMILES string of the molecule is CN=C(NCc1cccc(OCC(F)F)c1)N1CC(C)C(C(=O)OC)C1.I. The zero-order valence-electron chi connectivity index (χ0n) is 15.7. The Bertz CT molecular complexity index is 646. The summed E-state index contributed by atoms with van der Waals surface area (Å²) in [5.41, 5.74) is 0.884. The number of nitrogens with one attached hydrogen (secondary N) is 1. The third-order valence-corrected chi connectivity index (χ3v) is 4.35. The fourth-order valence-electron chi connectivity index (χ4n) is 3.02.